The summed E-state index contributed by atoms with van der Waals surface area (Å²) in [6.45, 7) is -1.06. The molecular weight excluding hydrogens is 478 g/mol. The van der Waals surface area contributed by atoms with Crippen LogP contribution in [0.4, 0.5) is 17.6 Å². The van der Waals surface area contributed by atoms with Gasteiger partial charge in [-0.2, -0.15) is 0 Å². The minimum absolute atomic E-state index is 0.0625. The van der Waals surface area contributed by atoms with Gasteiger partial charge in [-0.25, -0.2) is 17.6 Å². The van der Waals surface area contributed by atoms with Gasteiger partial charge in [0, 0.05) is 16.1 Å². The monoisotopic (exact) mass is 489 g/mol. The molecule has 1 aromatic heterocycles. The molecule has 0 saturated carbocycles. The Morgan fingerprint density at radius 3 is 2.34 bits per heavy atom. The molecule has 0 aliphatic carbocycles. The topological polar surface area (TPSA) is 31.2 Å². The van der Waals surface area contributed by atoms with E-state index in [-0.39, 0.29) is 26.3 Å². The Morgan fingerprint density at radius 1 is 1.10 bits per heavy atom. The minimum Gasteiger partial charge on any atom is -0.497 e. The SMILES string of the molecule is COc1ccc(Cl)c(-c2cc(Br)c(=O)n(CC(F)F)c2-c2c(F)cccc2F)c1. The first-order chi connectivity index (χ1) is 13.7. The van der Waals surface area contributed by atoms with Gasteiger partial charge in [-0.1, -0.05) is 17.7 Å². The van der Waals surface area contributed by atoms with E-state index in [1.165, 1.54) is 25.3 Å². The zero-order chi connectivity index (χ0) is 21.3. The van der Waals surface area contributed by atoms with E-state index in [1.807, 2.05) is 0 Å². The summed E-state index contributed by atoms with van der Waals surface area (Å²) >= 11 is 9.33. The number of hydrogen-bond donors (Lipinski definition) is 0. The van der Waals surface area contributed by atoms with Crippen LogP contribution in [0.25, 0.3) is 22.4 Å². The lowest BCUT2D eigenvalue weighted by molar-refractivity contribution is 0.125. The van der Waals surface area contributed by atoms with Crippen LogP contribution in [-0.4, -0.2) is 18.1 Å². The fraction of sp³-hybridized carbons (Fsp3) is 0.150. The molecule has 0 aliphatic rings. The second-order valence-electron chi connectivity index (χ2n) is 6.00. The first kappa shape index (κ1) is 21.4. The van der Waals surface area contributed by atoms with Crippen LogP contribution in [0.5, 0.6) is 5.75 Å². The van der Waals surface area contributed by atoms with E-state index in [9.17, 15) is 22.4 Å². The van der Waals surface area contributed by atoms with Gasteiger partial charge in [0.1, 0.15) is 17.4 Å². The number of pyridine rings is 1. The molecule has 0 fully saturated rings. The maximum absolute atomic E-state index is 14.6. The van der Waals surface area contributed by atoms with Gasteiger partial charge in [0.2, 0.25) is 0 Å². The highest BCUT2D eigenvalue weighted by Gasteiger charge is 2.25. The molecule has 3 aromatic rings. The van der Waals surface area contributed by atoms with Crippen LogP contribution >= 0.6 is 27.5 Å². The largest absolute Gasteiger partial charge is 0.497 e. The van der Waals surface area contributed by atoms with Gasteiger partial charge in [-0.05, 0) is 52.3 Å². The van der Waals surface area contributed by atoms with Crippen molar-refractivity contribution < 1.29 is 22.3 Å². The highest BCUT2D eigenvalue weighted by atomic mass is 79.9. The van der Waals surface area contributed by atoms with Crippen molar-refractivity contribution in [2.45, 2.75) is 13.0 Å². The second-order valence-corrected chi connectivity index (χ2v) is 7.27. The fourth-order valence-electron chi connectivity index (χ4n) is 2.98. The lowest BCUT2D eigenvalue weighted by Gasteiger charge is -2.20. The summed E-state index contributed by atoms with van der Waals surface area (Å²) in [6.07, 6.45) is -2.94. The molecule has 0 amide bonds. The Balaban J connectivity index is 2.50. The number of aromatic nitrogens is 1. The van der Waals surface area contributed by atoms with Gasteiger partial charge >= 0.3 is 0 Å². The molecule has 9 heteroatoms. The highest BCUT2D eigenvalue weighted by Crippen LogP contribution is 2.40. The number of methoxy groups -OCH3 is 1. The predicted molar refractivity (Wildman–Crippen MR) is 107 cm³/mol. The number of benzene rings is 2. The molecule has 3 rings (SSSR count). The smallest absolute Gasteiger partial charge is 0.265 e. The predicted octanol–water partition coefficient (Wildman–Crippen LogP) is 6.15. The van der Waals surface area contributed by atoms with Crippen LogP contribution in [0.15, 0.2) is 51.7 Å². The van der Waals surface area contributed by atoms with E-state index in [2.05, 4.69) is 15.9 Å². The fourth-order valence-corrected chi connectivity index (χ4v) is 3.64. The third-order valence-corrected chi connectivity index (χ3v) is 5.13. The molecular formula is C20H13BrClF4NO2. The normalized spacial score (nSPS) is 11.2. The van der Waals surface area contributed by atoms with Crippen molar-refractivity contribution in [2.75, 3.05) is 7.11 Å². The summed E-state index contributed by atoms with van der Waals surface area (Å²) in [5, 5.41) is 0.179. The van der Waals surface area contributed by atoms with Gasteiger partial charge in [0.05, 0.1) is 29.4 Å². The molecule has 152 valence electrons. The summed E-state index contributed by atoms with van der Waals surface area (Å²) in [5.41, 5.74) is -1.46. The van der Waals surface area contributed by atoms with Crippen LogP contribution in [0.1, 0.15) is 0 Å². The molecule has 0 N–H and O–H groups in total. The molecule has 0 unspecified atom stereocenters. The van der Waals surface area contributed by atoms with Crippen molar-refractivity contribution in [3.8, 4) is 28.1 Å². The standard InChI is InChI=1S/C20H13BrClF4NO2/c1-29-10-5-6-14(22)11(7-10)12-8-13(21)20(28)27(9-17(25)26)19(12)18-15(23)3-2-4-16(18)24/h2-8,17H,9H2,1H3. The van der Waals surface area contributed by atoms with E-state index < -0.39 is 35.7 Å². The van der Waals surface area contributed by atoms with Crippen molar-refractivity contribution in [1.82, 2.24) is 4.57 Å². The van der Waals surface area contributed by atoms with Gasteiger partial charge < -0.3 is 9.30 Å². The van der Waals surface area contributed by atoms with Crippen molar-refractivity contribution in [3.05, 3.63) is 73.9 Å². The molecule has 0 aliphatic heterocycles. The third-order valence-electron chi connectivity index (χ3n) is 4.23. The molecule has 1 heterocycles. The van der Waals surface area contributed by atoms with Crippen LogP contribution in [0.2, 0.25) is 5.02 Å². The number of rotatable bonds is 5. The third kappa shape index (κ3) is 4.18. The Labute approximate surface area is 176 Å². The van der Waals surface area contributed by atoms with E-state index in [1.54, 1.807) is 6.07 Å². The number of ether oxygens (including phenoxy) is 1. The van der Waals surface area contributed by atoms with E-state index in [4.69, 9.17) is 16.3 Å². The molecule has 0 spiro atoms. The van der Waals surface area contributed by atoms with Crippen molar-refractivity contribution in [1.29, 1.82) is 0 Å². The van der Waals surface area contributed by atoms with Crippen molar-refractivity contribution in [2.24, 2.45) is 0 Å². The second kappa shape index (κ2) is 8.59. The molecule has 0 saturated heterocycles. The summed E-state index contributed by atoms with van der Waals surface area (Å²) in [7, 11) is 1.41. The maximum Gasteiger partial charge on any atom is 0.265 e. The van der Waals surface area contributed by atoms with Gasteiger partial charge in [-0.3, -0.25) is 4.79 Å². The zero-order valence-electron chi connectivity index (χ0n) is 14.9. The Bertz CT molecular complexity index is 1110. The summed E-state index contributed by atoms with van der Waals surface area (Å²) in [6, 6.07) is 8.95. The Morgan fingerprint density at radius 2 is 1.76 bits per heavy atom. The number of nitrogens with zero attached hydrogens (tertiary/aromatic N) is 1. The van der Waals surface area contributed by atoms with E-state index >= 15 is 0 Å². The number of halogens is 6. The van der Waals surface area contributed by atoms with Crippen molar-refractivity contribution in [3.63, 3.8) is 0 Å². The molecule has 0 bridgehead atoms. The lowest BCUT2D eigenvalue weighted by atomic mass is 9.97. The van der Waals surface area contributed by atoms with Crippen LogP contribution in [0, 0.1) is 11.6 Å². The van der Waals surface area contributed by atoms with Gasteiger partial charge in [0.25, 0.3) is 12.0 Å². The van der Waals surface area contributed by atoms with Gasteiger partial charge in [0.15, 0.2) is 0 Å². The van der Waals surface area contributed by atoms with E-state index in [0.717, 1.165) is 18.2 Å². The van der Waals surface area contributed by atoms with Crippen LogP contribution in [-0.2, 0) is 6.54 Å². The molecule has 3 nitrogen and oxygen atoms in total. The Kier molecular flexibility index (Phi) is 6.33. The van der Waals surface area contributed by atoms with Crippen molar-refractivity contribution >= 4 is 27.5 Å². The zero-order valence-corrected chi connectivity index (χ0v) is 17.2. The van der Waals surface area contributed by atoms with Crippen LogP contribution < -0.4 is 10.3 Å². The quantitative estimate of drug-likeness (QED) is 0.402. The van der Waals surface area contributed by atoms with E-state index in [0.29, 0.717) is 10.3 Å². The summed E-state index contributed by atoms with van der Waals surface area (Å²) in [4.78, 5) is 12.6. The number of hydrogen-bond acceptors (Lipinski definition) is 2. The Hall–Kier alpha value is -2.32. The summed E-state index contributed by atoms with van der Waals surface area (Å²) < 4.78 is 61.5. The highest BCUT2D eigenvalue weighted by molar-refractivity contribution is 9.10. The molecule has 0 radical (unpaired) electrons. The minimum atomic E-state index is -2.94. The maximum atomic E-state index is 14.6. The van der Waals surface area contributed by atoms with Crippen LogP contribution in [0.3, 0.4) is 0 Å². The first-order valence-corrected chi connectivity index (χ1v) is 9.41. The average molecular weight is 491 g/mol. The first-order valence-electron chi connectivity index (χ1n) is 8.24. The number of alkyl halides is 2. The molecule has 29 heavy (non-hydrogen) atoms. The average Bonchev–Trinajstić information content (AvgIpc) is 2.67. The summed E-state index contributed by atoms with van der Waals surface area (Å²) in [5.74, 6) is -1.63. The molecule has 2 aromatic carbocycles. The lowest BCUT2D eigenvalue weighted by Crippen LogP contribution is -2.26. The van der Waals surface area contributed by atoms with Gasteiger partial charge in [-0.15, -0.1) is 0 Å². The molecule has 0 atom stereocenters.